The highest BCUT2D eigenvalue weighted by Crippen LogP contribution is 2.35. The van der Waals surface area contributed by atoms with E-state index in [0.717, 1.165) is 17.7 Å². The molecule has 5 nitrogen and oxygen atoms in total. The van der Waals surface area contributed by atoms with Crippen LogP contribution < -0.4 is 10.0 Å². The molecule has 0 aliphatic carbocycles. The van der Waals surface area contributed by atoms with Crippen LogP contribution in [0.3, 0.4) is 0 Å². The molecule has 0 spiro atoms. The number of thioether (sulfide) groups is 1. The van der Waals surface area contributed by atoms with Crippen LogP contribution in [0.1, 0.15) is 35.3 Å². The number of rotatable bonds is 5. The minimum atomic E-state index is -3.58. The van der Waals surface area contributed by atoms with Gasteiger partial charge in [0, 0.05) is 22.8 Å². The molecule has 1 heterocycles. The summed E-state index contributed by atoms with van der Waals surface area (Å²) < 4.78 is 26.7. The number of carbonyl (C=O) groups is 1. The molecule has 3 rings (SSSR count). The van der Waals surface area contributed by atoms with E-state index in [9.17, 15) is 13.2 Å². The van der Waals surface area contributed by atoms with Gasteiger partial charge in [0.15, 0.2) is 0 Å². The summed E-state index contributed by atoms with van der Waals surface area (Å²) >= 11 is 1.79. The summed E-state index contributed by atoms with van der Waals surface area (Å²) in [6.07, 6.45) is 0.850. The first-order chi connectivity index (χ1) is 12.0. The van der Waals surface area contributed by atoms with Crippen molar-refractivity contribution in [3.8, 4) is 0 Å². The number of nitrogens with one attached hydrogen (secondary N) is 2. The quantitative estimate of drug-likeness (QED) is 0.841. The highest BCUT2D eigenvalue weighted by atomic mass is 32.2. The Balaban J connectivity index is 1.81. The van der Waals surface area contributed by atoms with E-state index >= 15 is 0 Å². The van der Waals surface area contributed by atoms with E-state index in [4.69, 9.17) is 0 Å². The summed E-state index contributed by atoms with van der Waals surface area (Å²) in [7, 11) is -3.58. The van der Waals surface area contributed by atoms with Crippen LogP contribution in [0.15, 0.2) is 58.3 Å². The van der Waals surface area contributed by atoms with Gasteiger partial charge in [-0.2, -0.15) is 0 Å². The molecule has 0 radical (unpaired) electrons. The van der Waals surface area contributed by atoms with Crippen molar-refractivity contribution in [2.45, 2.75) is 29.2 Å². The lowest BCUT2D eigenvalue weighted by Gasteiger charge is -2.26. The van der Waals surface area contributed by atoms with Crippen molar-refractivity contribution in [3.63, 3.8) is 0 Å². The van der Waals surface area contributed by atoms with E-state index in [-0.39, 0.29) is 16.8 Å². The summed E-state index contributed by atoms with van der Waals surface area (Å²) in [4.78, 5) is 13.9. The minimum absolute atomic E-state index is 0.0565. The Labute approximate surface area is 152 Å². The number of hydrogen-bond donors (Lipinski definition) is 2. The van der Waals surface area contributed by atoms with Crippen molar-refractivity contribution in [2.75, 3.05) is 12.3 Å². The number of carbonyl (C=O) groups excluding carboxylic acids is 1. The summed E-state index contributed by atoms with van der Waals surface area (Å²) in [6, 6.07) is 14.1. The molecule has 0 saturated carbocycles. The van der Waals surface area contributed by atoms with Gasteiger partial charge in [-0.3, -0.25) is 4.79 Å². The molecule has 1 aliphatic heterocycles. The highest BCUT2D eigenvalue weighted by molar-refractivity contribution is 7.99. The van der Waals surface area contributed by atoms with E-state index in [2.05, 4.69) is 16.1 Å². The van der Waals surface area contributed by atoms with Crippen LogP contribution in [0, 0.1) is 0 Å². The van der Waals surface area contributed by atoms with Crippen LogP contribution in [-0.4, -0.2) is 26.6 Å². The molecule has 0 bridgehead atoms. The molecule has 25 heavy (non-hydrogen) atoms. The number of benzene rings is 2. The Morgan fingerprint density at radius 1 is 1.20 bits per heavy atom. The fraction of sp³-hybridized carbons (Fsp3) is 0.278. The third kappa shape index (κ3) is 4.05. The van der Waals surface area contributed by atoms with Gasteiger partial charge in [-0.1, -0.05) is 31.2 Å². The average molecular weight is 377 g/mol. The second kappa shape index (κ2) is 7.59. The van der Waals surface area contributed by atoms with Gasteiger partial charge in [0.2, 0.25) is 10.0 Å². The van der Waals surface area contributed by atoms with Crippen LogP contribution in [0.2, 0.25) is 0 Å². The molecule has 0 aromatic heterocycles. The van der Waals surface area contributed by atoms with Crippen LogP contribution in [0.4, 0.5) is 0 Å². The van der Waals surface area contributed by atoms with Crippen molar-refractivity contribution in [1.29, 1.82) is 0 Å². The molecule has 0 fully saturated rings. The maximum absolute atomic E-state index is 12.6. The molecule has 2 aromatic carbocycles. The first-order valence-corrected chi connectivity index (χ1v) is 10.6. The Hall–Kier alpha value is -1.83. The van der Waals surface area contributed by atoms with Crippen molar-refractivity contribution in [3.05, 3.63) is 59.7 Å². The zero-order valence-corrected chi connectivity index (χ0v) is 15.5. The standard InChI is InChI=1S/C18H20N2O3S2/c1-2-19-25(22,23)14-7-5-6-13(12-14)18(21)20-16-10-11-24-17-9-4-3-8-15(16)17/h3-9,12,16,19H,2,10-11H2,1H3,(H,20,21). The van der Waals surface area contributed by atoms with Gasteiger partial charge < -0.3 is 5.32 Å². The fourth-order valence-corrected chi connectivity index (χ4v) is 5.02. The lowest BCUT2D eigenvalue weighted by molar-refractivity contribution is 0.0934. The number of fused-ring (bicyclic) bond motifs is 1. The Kier molecular flexibility index (Phi) is 5.46. The molecule has 1 unspecified atom stereocenters. The lowest BCUT2D eigenvalue weighted by Crippen LogP contribution is -2.31. The second-order valence-corrected chi connectivity index (χ2v) is 8.63. The average Bonchev–Trinajstić information content (AvgIpc) is 2.62. The summed E-state index contributed by atoms with van der Waals surface area (Å²) in [5, 5.41) is 3.03. The molecule has 1 amide bonds. The molecule has 2 aromatic rings. The van der Waals surface area contributed by atoms with Gasteiger partial charge in [0.25, 0.3) is 5.91 Å². The number of sulfonamides is 1. The molecular weight excluding hydrogens is 356 g/mol. The predicted molar refractivity (Wildman–Crippen MR) is 99.3 cm³/mol. The van der Waals surface area contributed by atoms with Crippen molar-refractivity contribution < 1.29 is 13.2 Å². The van der Waals surface area contributed by atoms with Gasteiger partial charge in [0.05, 0.1) is 10.9 Å². The normalized spacial score (nSPS) is 16.9. The maximum Gasteiger partial charge on any atom is 0.251 e. The monoisotopic (exact) mass is 376 g/mol. The van der Waals surface area contributed by atoms with Crippen LogP contribution >= 0.6 is 11.8 Å². The third-order valence-electron chi connectivity index (χ3n) is 4.00. The van der Waals surface area contributed by atoms with Gasteiger partial charge in [-0.25, -0.2) is 13.1 Å². The molecule has 2 N–H and O–H groups in total. The van der Waals surface area contributed by atoms with Crippen molar-refractivity contribution >= 4 is 27.7 Å². The molecule has 132 valence electrons. The summed E-state index contributed by atoms with van der Waals surface area (Å²) in [5.74, 6) is 0.678. The predicted octanol–water partition coefficient (Wildman–Crippen LogP) is 2.95. The van der Waals surface area contributed by atoms with Gasteiger partial charge >= 0.3 is 0 Å². The molecule has 0 saturated heterocycles. The smallest absolute Gasteiger partial charge is 0.251 e. The fourth-order valence-electron chi connectivity index (χ4n) is 2.81. The van der Waals surface area contributed by atoms with Gasteiger partial charge in [0.1, 0.15) is 0 Å². The van der Waals surface area contributed by atoms with Crippen molar-refractivity contribution in [1.82, 2.24) is 10.0 Å². The zero-order valence-electron chi connectivity index (χ0n) is 13.9. The van der Waals surface area contributed by atoms with E-state index in [0.29, 0.717) is 12.1 Å². The Morgan fingerprint density at radius 2 is 2.00 bits per heavy atom. The first-order valence-electron chi connectivity index (χ1n) is 8.13. The topological polar surface area (TPSA) is 75.3 Å². The van der Waals surface area contributed by atoms with Crippen LogP contribution in [-0.2, 0) is 10.0 Å². The Morgan fingerprint density at radius 3 is 2.80 bits per heavy atom. The Bertz CT molecular complexity index is 881. The minimum Gasteiger partial charge on any atom is -0.345 e. The van der Waals surface area contributed by atoms with E-state index in [1.807, 2.05) is 18.2 Å². The highest BCUT2D eigenvalue weighted by Gasteiger charge is 2.23. The van der Waals surface area contributed by atoms with Gasteiger partial charge in [-0.05, 0) is 36.2 Å². The first kappa shape index (κ1) is 18.0. The van der Waals surface area contributed by atoms with Crippen molar-refractivity contribution in [2.24, 2.45) is 0 Å². The lowest BCUT2D eigenvalue weighted by atomic mass is 10.0. The van der Waals surface area contributed by atoms with E-state index in [1.54, 1.807) is 30.8 Å². The van der Waals surface area contributed by atoms with Gasteiger partial charge in [-0.15, -0.1) is 11.8 Å². The third-order valence-corrected chi connectivity index (χ3v) is 6.67. The number of hydrogen-bond acceptors (Lipinski definition) is 4. The molecule has 7 heteroatoms. The van der Waals surface area contributed by atoms with E-state index < -0.39 is 10.0 Å². The summed E-state index contributed by atoms with van der Waals surface area (Å²) in [6.45, 7) is 2.02. The zero-order chi connectivity index (χ0) is 17.9. The SMILES string of the molecule is CCNS(=O)(=O)c1cccc(C(=O)NC2CCSc3ccccc32)c1. The van der Waals surface area contributed by atoms with Crippen LogP contribution in [0.5, 0.6) is 0 Å². The van der Waals surface area contributed by atoms with E-state index in [1.165, 1.54) is 17.0 Å². The van der Waals surface area contributed by atoms with Crippen LogP contribution in [0.25, 0.3) is 0 Å². The largest absolute Gasteiger partial charge is 0.345 e. The molecule has 1 atom stereocenters. The number of amides is 1. The molecular formula is C18H20N2O3S2. The second-order valence-electron chi connectivity index (χ2n) is 5.73. The molecule has 1 aliphatic rings. The summed E-state index contributed by atoms with van der Waals surface area (Å²) in [5.41, 5.74) is 1.46. The maximum atomic E-state index is 12.6.